The average molecular weight is 345 g/mol. The lowest BCUT2D eigenvalue weighted by Gasteiger charge is -2.04. The van der Waals surface area contributed by atoms with Crippen LogP contribution in [0.5, 0.6) is 0 Å². The van der Waals surface area contributed by atoms with Gasteiger partial charge in [-0.3, -0.25) is 4.79 Å². The highest BCUT2D eigenvalue weighted by molar-refractivity contribution is 7.89. The van der Waals surface area contributed by atoms with E-state index in [0.717, 1.165) is 5.52 Å². The molecule has 0 atom stereocenters. The van der Waals surface area contributed by atoms with Crippen molar-refractivity contribution in [1.29, 1.82) is 0 Å². The minimum absolute atomic E-state index is 0.0366. The van der Waals surface area contributed by atoms with E-state index in [1.54, 1.807) is 0 Å². The van der Waals surface area contributed by atoms with Crippen LogP contribution in [-0.2, 0) is 16.4 Å². The summed E-state index contributed by atoms with van der Waals surface area (Å²) in [5.74, 6) is 0.230. The summed E-state index contributed by atoms with van der Waals surface area (Å²) in [6.45, 7) is 0.350. The fourth-order valence-electron chi connectivity index (χ4n) is 2.21. The third-order valence-corrected chi connectivity index (χ3v) is 4.34. The van der Waals surface area contributed by atoms with Gasteiger partial charge in [0.1, 0.15) is 5.52 Å². The second kappa shape index (κ2) is 6.42. The summed E-state index contributed by atoms with van der Waals surface area (Å²) in [6.07, 6.45) is 0.454. The number of aromatic nitrogens is 1. The van der Waals surface area contributed by atoms with Crippen molar-refractivity contribution in [3.63, 3.8) is 0 Å². The molecule has 0 aliphatic carbocycles. The molecule has 1 amide bonds. The fraction of sp³-hybridized carbons (Fsp3) is 0.125. The minimum Gasteiger partial charge on any atom is -0.441 e. The Kier molecular flexibility index (Phi) is 4.32. The zero-order chi connectivity index (χ0) is 17.2. The third-order valence-electron chi connectivity index (χ3n) is 3.41. The summed E-state index contributed by atoms with van der Waals surface area (Å²) in [5.41, 5.74) is 1.83. The number of primary sulfonamides is 1. The average Bonchev–Trinajstić information content (AvgIpc) is 2.96. The normalized spacial score (nSPS) is 11.5. The Hall–Kier alpha value is -2.71. The van der Waals surface area contributed by atoms with Crippen LogP contribution in [0.1, 0.15) is 16.2 Å². The van der Waals surface area contributed by atoms with Crippen LogP contribution < -0.4 is 10.5 Å². The van der Waals surface area contributed by atoms with Crippen molar-refractivity contribution in [3.05, 3.63) is 60.0 Å². The number of amides is 1. The van der Waals surface area contributed by atoms with Crippen LogP contribution in [0.4, 0.5) is 0 Å². The first-order chi connectivity index (χ1) is 11.4. The van der Waals surface area contributed by atoms with Crippen molar-refractivity contribution >= 4 is 27.0 Å². The Morgan fingerprint density at radius 2 is 1.83 bits per heavy atom. The zero-order valence-electron chi connectivity index (χ0n) is 12.6. The van der Waals surface area contributed by atoms with Gasteiger partial charge in [-0.1, -0.05) is 12.1 Å². The highest BCUT2D eigenvalue weighted by Gasteiger charge is 2.11. The van der Waals surface area contributed by atoms with Crippen molar-refractivity contribution in [2.24, 2.45) is 5.14 Å². The maximum absolute atomic E-state index is 12.0. The van der Waals surface area contributed by atoms with Gasteiger partial charge in [0.25, 0.3) is 5.91 Å². The summed E-state index contributed by atoms with van der Waals surface area (Å²) in [4.78, 5) is 16.3. The van der Waals surface area contributed by atoms with Gasteiger partial charge in [-0.15, -0.1) is 0 Å². The molecule has 0 spiro atoms. The number of nitrogens with one attached hydrogen (secondary N) is 1. The van der Waals surface area contributed by atoms with Crippen molar-refractivity contribution in [1.82, 2.24) is 10.3 Å². The van der Waals surface area contributed by atoms with Gasteiger partial charge >= 0.3 is 0 Å². The predicted octanol–water partition coefficient (Wildman–Crippen LogP) is 1.45. The molecule has 7 nitrogen and oxygen atoms in total. The number of rotatable bonds is 5. The van der Waals surface area contributed by atoms with E-state index in [-0.39, 0.29) is 10.8 Å². The molecule has 1 aromatic heterocycles. The van der Waals surface area contributed by atoms with E-state index in [4.69, 9.17) is 9.56 Å². The molecule has 0 unspecified atom stereocenters. The Morgan fingerprint density at radius 3 is 2.50 bits per heavy atom. The number of benzene rings is 2. The SMILES string of the molecule is NS(=O)(=O)c1ccc(C(=O)NCCc2nc3ccccc3o2)cc1. The van der Waals surface area contributed by atoms with E-state index in [1.807, 2.05) is 24.3 Å². The number of sulfonamides is 1. The summed E-state index contributed by atoms with van der Waals surface area (Å²) in [6, 6.07) is 12.8. The molecule has 0 aliphatic heterocycles. The number of para-hydroxylation sites is 2. The van der Waals surface area contributed by atoms with E-state index in [2.05, 4.69) is 10.3 Å². The Labute approximate surface area is 138 Å². The van der Waals surface area contributed by atoms with E-state index >= 15 is 0 Å². The molecule has 1 heterocycles. The molecular formula is C16H15N3O4S. The quantitative estimate of drug-likeness (QED) is 0.726. The number of carbonyl (C=O) groups excluding carboxylic acids is 1. The van der Waals surface area contributed by atoms with Gasteiger partial charge in [0.05, 0.1) is 4.90 Å². The van der Waals surface area contributed by atoms with Crippen molar-refractivity contribution in [2.75, 3.05) is 6.54 Å². The van der Waals surface area contributed by atoms with Crippen LogP contribution in [0.2, 0.25) is 0 Å². The molecule has 0 radical (unpaired) electrons. The highest BCUT2D eigenvalue weighted by Crippen LogP contribution is 2.14. The first-order valence-corrected chi connectivity index (χ1v) is 8.73. The maximum Gasteiger partial charge on any atom is 0.251 e. The number of fused-ring (bicyclic) bond motifs is 1. The monoisotopic (exact) mass is 345 g/mol. The molecule has 0 saturated carbocycles. The molecule has 0 saturated heterocycles. The van der Waals surface area contributed by atoms with Crippen LogP contribution in [0, 0.1) is 0 Å². The Balaban J connectivity index is 1.59. The number of oxazole rings is 1. The maximum atomic E-state index is 12.0. The Bertz CT molecular complexity index is 945. The summed E-state index contributed by atoms with van der Waals surface area (Å²) in [5, 5.41) is 7.74. The second-order valence-electron chi connectivity index (χ2n) is 5.15. The first-order valence-electron chi connectivity index (χ1n) is 7.19. The van der Waals surface area contributed by atoms with E-state index in [1.165, 1.54) is 24.3 Å². The Morgan fingerprint density at radius 1 is 1.12 bits per heavy atom. The molecule has 124 valence electrons. The van der Waals surface area contributed by atoms with Gasteiger partial charge in [0, 0.05) is 18.5 Å². The van der Waals surface area contributed by atoms with E-state index < -0.39 is 10.0 Å². The summed E-state index contributed by atoms with van der Waals surface area (Å²) >= 11 is 0. The van der Waals surface area contributed by atoms with Crippen LogP contribution >= 0.6 is 0 Å². The lowest BCUT2D eigenvalue weighted by molar-refractivity contribution is 0.0953. The van der Waals surface area contributed by atoms with Gasteiger partial charge in [-0.25, -0.2) is 18.5 Å². The standard InChI is InChI=1S/C16H15N3O4S/c17-24(21,22)12-7-5-11(6-8-12)16(20)18-10-9-15-19-13-3-1-2-4-14(13)23-15/h1-8H,9-10H2,(H,18,20)(H2,17,21,22). The number of hydrogen-bond donors (Lipinski definition) is 2. The molecule has 3 aromatic rings. The summed E-state index contributed by atoms with van der Waals surface area (Å²) < 4.78 is 27.9. The first kappa shape index (κ1) is 16.2. The molecule has 0 fully saturated rings. The number of nitrogens with zero attached hydrogens (tertiary/aromatic N) is 1. The number of hydrogen-bond acceptors (Lipinski definition) is 5. The third kappa shape index (κ3) is 3.61. The van der Waals surface area contributed by atoms with Crippen molar-refractivity contribution in [3.8, 4) is 0 Å². The minimum atomic E-state index is -3.76. The van der Waals surface area contributed by atoms with Gasteiger partial charge in [0.2, 0.25) is 10.0 Å². The predicted molar refractivity (Wildman–Crippen MR) is 87.9 cm³/mol. The van der Waals surface area contributed by atoms with Gasteiger partial charge in [0.15, 0.2) is 11.5 Å². The zero-order valence-corrected chi connectivity index (χ0v) is 13.4. The van der Waals surface area contributed by atoms with Crippen LogP contribution in [0.25, 0.3) is 11.1 Å². The molecule has 8 heteroatoms. The topological polar surface area (TPSA) is 115 Å². The molecular weight excluding hydrogens is 330 g/mol. The van der Waals surface area contributed by atoms with Crippen molar-refractivity contribution < 1.29 is 17.6 Å². The fourth-order valence-corrected chi connectivity index (χ4v) is 2.72. The van der Waals surface area contributed by atoms with E-state index in [0.29, 0.717) is 30.0 Å². The lowest BCUT2D eigenvalue weighted by atomic mass is 10.2. The molecule has 3 rings (SSSR count). The largest absolute Gasteiger partial charge is 0.441 e. The molecule has 0 bridgehead atoms. The van der Waals surface area contributed by atoms with Crippen LogP contribution in [-0.4, -0.2) is 25.9 Å². The molecule has 2 aromatic carbocycles. The van der Waals surface area contributed by atoms with Crippen molar-refractivity contribution in [2.45, 2.75) is 11.3 Å². The molecule has 24 heavy (non-hydrogen) atoms. The van der Waals surface area contributed by atoms with E-state index in [9.17, 15) is 13.2 Å². The molecule has 3 N–H and O–H groups in total. The summed E-state index contributed by atoms with van der Waals surface area (Å²) in [7, 11) is -3.76. The lowest BCUT2D eigenvalue weighted by Crippen LogP contribution is -2.25. The highest BCUT2D eigenvalue weighted by atomic mass is 32.2. The smallest absolute Gasteiger partial charge is 0.251 e. The van der Waals surface area contributed by atoms with Gasteiger partial charge in [-0.05, 0) is 36.4 Å². The second-order valence-corrected chi connectivity index (χ2v) is 6.71. The molecule has 0 aliphatic rings. The van der Waals surface area contributed by atoms with Gasteiger partial charge < -0.3 is 9.73 Å². The van der Waals surface area contributed by atoms with Crippen LogP contribution in [0.15, 0.2) is 57.8 Å². The number of nitrogens with two attached hydrogens (primary N) is 1. The van der Waals surface area contributed by atoms with Crippen LogP contribution in [0.3, 0.4) is 0 Å². The van der Waals surface area contributed by atoms with Gasteiger partial charge in [-0.2, -0.15) is 0 Å². The number of carbonyl (C=O) groups is 1.